The van der Waals surface area contributed by atoms with Crippen LogP contribution in [0.4, 0.5) is 0 Å². The molecule has 0 aromatic heterocycles. The fourth-order valence-corrected chi connectivity index (χ4v) is 1.59. The van der Waals surface area contributed by atoms with Gasteiger partial charge in [-0.2, -0.15) is 0 Å². The molecule has 1 rings (SSSR count). The molecule has 0 amide bonds. The molecule has 0 radical (unpaired) electrons. The Labute approximate surface area is 85.6 Å². The lowest BCUT2D eigenvalue weighted by atomic mass is 9.88. The zero-order chi connectivity index (χ0) is 10.8. The van der Waals surface area contributed by atoms with Crippen LogP contribution in [0.25, 0.3) is 0 Å². The molecule has 0 aromatic rings. The van der Waals surface area contributed by atoms with Gasteiger partial charge in [-0.25, -0.2) is 0 Å². The molecule has 0 aromatic carbocycles. The number of aliphatic hydroxyl groups is 1. The van der Waals surface area contributed by atoms with E-state index in [2.05, 4.69) is 4.90 Å². The molecule has 0 aliphatic carbocycles. The molecule has 4 nitrogen and oxygen atoms in total. The molecule has 1 fully saturated rings. The van der Waals surface area contributed by atoms with E-state index >= 15 is 0 Å². The van der Waals surface area contributed by atoms with E-state index in [1.807, 2.05) is 13.8 Å². The molecular weight excluding hydrogens is 178 g/mol. The van der Waals surface area contributed by atoms with E-state index in [1.165, 1.54) is 0 Å². The second-order valence-corrected chi connectivity index (χ2v) is 4.79. The van der Waals surface area contributed by atoms with Crippen molar-refractivity contribution in [3.8, 4) is 0 Å². The monoisotopic (exact) mass is 199 g/mol. The van der Waals surface area contributed by atoms with Crippen LogP contribution in [-0.4, -0.2) is 41.6 Å². The van der Waals surface area contributed by atoms with Crippen molar-refractivity contribution < 1.29 is 5.11 Å². The molecule has 1 saturated heterocycles. The second-order valence-electron chi connectivity index (χ2n) is 4.79. The molecular formula is C10H21N3O. The lowest BCUT2D eigenvalue weighted by Gasteiger charge is -2.25. The van der Waals surface area contributed by atoms with E-state index < -0.39 is 0 Å². The highest BCUT2D eigenvalue weighted by molar-refractivity contribution is 5.82. The third kappa shape index (κ3) is 2.96. The Kier molecular flexibility index (Phi) is 3.50. The fourth-order valence-electron chi connectivity index (χ4n) is 1.59. The minimum atomic E-state index is -0.215. The van der Waals surface area contributed by atoms with Crippen molar-refractivity contribution in [3.05, 3.63) is 0 Å². The van der Waals surface area contributed by atoms with E-state index in [4.69, 9.17) is 11.1 Å². The summed E-state index contributed by atoms with van der Waals surface area (Å²) in [5, 5.41) is 16.8. The van der Waals surface area contributed by atoms with Gasteiger partial charge in [0.15, 0.2) is 0 Å². The maximum atomic E-state index is 9.33. The number of hydrogen-bond acceptors (Lipinski definition) is 3. The first-order valence-electron chi connectivity index (χ1n) is 5.17. The summed E-state index contributed by atoms with van der Waals surface area (Å²) in [6, 6.07) is 0. The Bertz CT molecular complexity index is 215. The van der Waals surface area contributed by atoms with Gasteiger partial charge in [0.25, 0.3) is 0 Å². The average Bonchev–Trinajstić information content (AvgIpc) is 2.48. The van der Waals surface area contributed by atoms with Crippen molar-refractivity contribution in [2.45, 2.75) is 32.8 Å². The fraction of sp³-hybridized carbons (Fsp3) is 0.900. The SMILES string of the molecule is CC(C)(CCN1CCC(O)C1)C(=N)N. The van der Waals surface area contributed by atoms with Crippen LogP contribution < -0.4 is 5.73 Å². The van der Waals surface area contributed by atoms with E-state index in [0.717, 1.165) is 32.5 Å². The Morgan fingerprint density at radius 3 is 2.71 bits per heavy atom. The zero-order valence-electron chi connectivity index (χ0n) is 9.08. The quantitative estimate of drug-likeness (QED) is 0.453. The first-order chi connectivity index (χ1) is 6.42. The molecule has 1 aliphatic heterocycles. The van der Waals surface area contributed by atoms with Crippen LogP contribution in [0, 0.1) is 10.8 Å². The largest absolute Gasteiger partial charge is 0.392 e. The molecule has 0 bridgehead atoms. The summed E-state index contributed by atoms with van der Waals surface area (Å²) in [5.74, 6) is 0.247. The Morgan fingerprint density at radius 1 is 1.64 bits per heavy atom. The summed E-state index contributed by atoms with van der Waals surface area (Å²) in [6.45, 7) is 6.64. The van der Waals surface area contributed by atoms with Crippen LogP contribution in [0.2, 0.25) is 0 Å². The van der Waals surface area contributed by atoms with Gasteiger partial charge in [0, 0.05) is 18.5 Å². The molecule has 4 N–H and O–H groups in total. The van der Waals surface area contributed by atoms with Crippen molar-refractivity contribution in [1.82, 2.24) is 4.90 Å². The Hall–Kier alpha value is -0.610. The van der Waals surface area contributed by atoms with E-state index in [9.17, 15) is 5.11 Å². The predicted molar refractivity (Wildman–Crippen MR) is 57.4 cm³/mol. The van der Waals surface area contributed by atoms with Gasteiger partial charge in [0.05, 0.1) is 11.9 Å². The van der Waals surface area contributed by atoms with Gasteiger partial charge < -0.3 is 15.7 Å². The van der Waals surface area contributed by atoms with Gasteiger partial charge in [0.2, 0.25) is 0 Å². The topological polar surface area (TPSA) is 73.3 Å². The van der Waals surface area contributed by atoms with Crippen molar-refractivity contribution in [3.63, 3.8) is 0 Å². The highest BCUT2D eigenvalue weighted by Gasteiger charge is 2.25. The normalized spacial score (nSPS) is 24.1. The summed E-state index contributed by atoms with van der Waals surface area (Å²) in [5.41, 5.74) is 5.28. The lowest BCUT2D eigenvalue weighted by molar-refractivity contribution is 0.173. The predicted octanol–water partition coefficient (Wildman–Crippen LogP) is 0.405. The van der Waals surface area contributed by atoms with E-state index in [1.54, 1.807) is 0 Å². The van der Waals surface area contributed by atoms with Gasteiger partial charge >= 0.3 is 0 Å². The molecule has 0 spiro atoms. The van der Waals surface area contributed by atoms with Crippen molar-refractivity contribution in [2.24, 2.45) is 11.1 Å². The van der Waals surface area contributed by atoms with Crippen LogP contribution in [0.3, 0.4) is 0 Å². The average molecular weight is 199 g/mol. The number of nitrogens with one attached hydrogen (secondary N) is 1. The number of rotatable bonds is 4. The van der Waals surface area contributed by atoms with Gasteiger partial charge in [0.1, 0.15) is 0 Å². The molecule has 1 atom stereocenters. The summed E-state index contributed by atoms with van der Waals surface area (Å²) in [6.07, 6.45) is 1.60. The Morgan fingerprint density at radius 2 is 2.29 bits per heavy atom. The number of aliphatic hydroxyl groups excluding tert-OH is 1. The van der Waals surface area contributed by atoms with Crippen LogP contribution >= 0.6 is 0 Å². The first-order valence-corrected chi connectivity index (χ1v) is 5.17. The van der Waals surface area contributed by atoms with Crippen molar-refractivity contribution in [1.29, 1.82) is 5.41 Å². The van der Waals surface area contributed by atoms with Crippen LogP contribution in [-0.2, 0) is 0 Å². The van der Waals surface area contributed by atoms with Crippen LogP contribution in [0.5, 0.6) is 0 Å². The number of β-amino-alcohol motifs (C(OH)–C–C–N with tert-alkyl or cyclic N) is 1. The highest BCUT2D eigenvalue weighted by atomic mass is 16.3. The zero-order valence-corrected chi connectivity index (χ0v) is 9.08. The minimum Gasteiger partial charge on any atom is -0.392 e. The third-order valence-electron chi connectivity index (χ3n) is 3.03. The maximum Gasteiger partial charge on any atom is 0.0963 e. The summed E-state index contributed by atoms with van der Waals surface area (Å²) in [7, 11) is 0. The van der Waals surface area contributed by atoms with Gasteiger partial charge in [-0.15, -0.1) is 0 Å². The highest BCUT2D eigenvalue weighted by Crippen LogP contribution is 2.21. The smallest absolute Gasteiger partial charge is 0.0963 e. The van der Waals surface area contributed by atoms with Crippen LogP contribution in [0.1, 0.15) is 26.7 Å². The summed E-state index contributed by atoms with van der Waals surface area (Å²) >= 11 is 0. The van der Waals surface area contributed by atoms with Gasteiger partial charge in [-0.05, 0) is 19.4 Å². The molecule has 4 heteroatoms. The number of likely N-dealkylation sites (tertiary alicyclic amines) is 1. The summed E-state index contributed by atoms with van der Waals surface area (Å²) in [4.78, 5) is 2.23. The van der Waals surface area contributed by atoms with Crippen LogP contribution in [0.15, 0.2) is 0 Å². The summed E-state index contributed by atoms with van der Waals surface area (Å²) < 4.78 is 0. The standard InChI is InChI=1S/C10H21N3O/c1-10(2,9(11)12)4-6-13-5-3-8(14)7-13/h8,14H,3-7H2,1-2H3,(H3,11,12). The molecule has 1 unspecified atom stereocenters. The molecule has 1 aliphatic rings. The molecule has 1 heterocycles. The maximum absolute atomic E-state index is 9.33. The van der Waals surface area contributed by atoms with Crippen molar-refractivity contribution >= 4 is 5.84 Å². The number of nitrogens with two attached hydrogens (primary N) is 1. The molecule has 0 saturated carbocycles. The van der Waals surface area contributed by atoms with E-state index in [-0.39, 0.29) is 17.4 Å². The minimum absolute atomic E-state index is 0.157. The van der Waals surface area contributed by atoms with Gasteiger partial charge in [-0.3, -0.25) is 5.41 Å². The third-order valence-corrected chi connectivity index (χ3v) is 3.03. The van der Waals surface area contributed by atoms with Gasteiger partial charge in [-0.1, -0.05) is 13.8 Å². The molecule has 14 heavy (non-hydrogen) atoms. The second kappa shape index (κ2) is 4.28. The first kappa shape index (κ1) is 11.5. The number of amidine groups is 1. The number of nitrogens with zero attached hydrogens (tertiary/aromatic N) is 1. The van der Waals surface area contributed by atoms with E-state index in [0.29, 0.717) is 0 Å². The molecule has 82 valence electrons. The Balaban J connectivity index is 2.30. The van der Waals surface area contributed by atoms with Crippen molar-refractivity contribution in [2.75, 3.05) is 19.6 Å². The lowest BCUT2D eigenvalue weighted by Crippen LogP contribution is -2.35. The number of hydrogen-bond donors (Lipinski definition) is 3.